The molecule has 1 aromatic heterocycles. The van der Waals surface area contributed by atoms with Gasteiger partial charge in [0.05, 0.1) is 17.0 Å². The first-order valence-corrected chi connectivity index (χ1v) is 10.5. The molecule has 5 rings (SSSR count). The van der Waals surface area contributed by atoms with E-state index < -0.39 is 10.8 Å². The molecule has 0 saturated heterocycles. The third-order valence-corrected chi connectivity index (χ3v) is 7.37. The van der Waals surface area contributed by atoms with Crippen LogP contribution >= 0.6 is 0 Å². The molecule has 0 saturated carbocycles. The van der Waals surface area contributed by atoms with Crippen molar-refractivity contribution in [1.82, 2.24) is 9.78 Å². The summed E-state index contributed by atoms with van der Waals surface area (Å²) in [5.74, 6) is 0.0819. The van der Waals surface area contributed by atoms with Gasteiger partial charge in [-0.05, 0) is 29.5 Å². The highest BCUT2D eigenvalue weighted by Gasteiger charge is 2.55. The minimum atomic E-state index is -0.580. The van der Waals surface area contributed by atoms with Gasteiger partial charge in [0.1, 0.15) is 6.07 Å². The van der Waals surface area contributed by atoms with Gasteiger partial charge in [-0.2, -0.15) is 10.4 Å². The Morgan fingerprint density at radius 2 is 1.87 bits per heavy atom. The van der Waals surface area contributed by atoms with Crippen molar-refractivity contribution in [3.05, 3.63) is 65.4 Å². The maximum Gasteiger partial charge on any atom is 0.178 e. The van der Waals surface area contributed by atoms with E-state index >= 15 is 0 Å². The van der Waals surface area contributed by atoms with E-state index in [1.54, 1.807) is 0 Å². The van der Waals surface area contributed by atoms with Crippen molar-refractivity contribution in [3.8, 4) is 17.3 Å². The van der Waals surface area contributed by atoms with Crippen molar-refractivity contribution in [2.24, 2.45) is 18.4 Å². The Balaban J connectivity index is 1.78. The van der Waals surface area contributed by atoms with Crippen LogP contribution in [0.15, 0.2) is 54.1 Å². The second-order valence-corrected chi connectivity index (χ2v) is 9.42. The molecule has 4 nitrogen and oxygen atoms in total. The van der Waals surface area contributed by atoms with E-state index in [1.807, 2.05) is 31.7 Å². The Kier molecular flexibility index (Phi) is 3.86. The number of hydrogen-bond acceptors (Lipinski definition) is 3. The lowest BCUT2D eigenvalue weighted by Gasteiger charge is -2.49. The number of aryl methyl sites for hydroxylation is 1. The molecule has 4 heteroatoms. The number of ketones is 1. The third-order valence-electron chi connectivity index (χ3n) is 7.37. The number of carbonyl (C=O) groups is 1. The summed E-state index contributed by atoms with van der Waals surface area (Å²) in [6, 6.07) is 17.0. The Bertz CT molecular complexity index is 1280. The van der Waals surface area contributed by atoms with Gasteiger partial charge in [0.2, 0.25) is 0 Å². The zero-order chi connectivity index (χ0) is 21.3. The molecule has 0 spiro atoms. The summed E-state index contributed by atoms with van der Waals surface area (Å²) < 4.78 is 1.99. The van der Waals surface area contributed by atoms with E-state index in [1.165, 1.54) is 21.9 Å². The molecule has 1 heterocycles. The summed E-state index contributed by atoms with van der Waals surface area (Å²) in [6.07, 6.45) is 3.68. The zero-order valence-corrected chi connectivity index (χ0v) is 17.9. The zero-order valence-electron chi connectivity index (χ0n) is 17.9. The second-order valence-electron chi connectivity index (χ2n) is 9.42. The van der Waals surface area contributed by atoms with Crippen molar-refractivity contribution in [1.29, 1.82) is 5.26 Å². The maximum atomic E-state index is 12.9. The van der Waals surface area contributed by atoms with E-state index in [4.69, 9.17) is 5.10 Å². The molecule has 0 amide bonds. The van der Waals surface area contributed by atoms with Gasteiger partial charge in [-0.15, -0.1) is 0 Å². The number of carbonyl (C=O) groups excluding carboxylic acids is 1. The van der Waals surface area contributed by atoms with Gasteiger partial charge in [-0.25, -0.2) is 0 Å². The van der Waals surface area contributed by atoms with Crippen LogP contribution in [0.2, 0.25) is 0 Å². The Hall–Kier alpha value is -3.19. The largest absolute Gasteiger partial charge is 0.293 e. The molecule has 0 N–H and O–H groups in total. The molecular formula is C26H25N3O. The van der Waals surface area contributed by atoms with Crippen LogP contribution in [-0.2, 0) is 23.7 Å². The summed E-state index contributed by atoms with van der Waals surface area (Å²) in [5, 5.41) is 17.1. The van der Waals surface area contributed by atoms with E-state index in [2.05, 4.69) is 55.5 Å². The molecule has 30 heavy (non-hydrogen) atoms. The highest BCUT2D eigenvalue weighted by atomic mass is 16.1. The SMILES string of the molecule is Cn1nc2c(c1-c1cccc3ccccc13)CC[C@H]1C(C)(C)C(=O)C(C#N)=C[C@]21C. The first-order chi connectivity index (χ1) is 14.3. The van der Waals surface area contributed by atoms with Gasteiger partial charge in [0.15, 0.2) is 5.78 Å². The normalized spacial score (nSPS) is 24.7. The van der Waals surface area contributed by atoms with Crippen LogP contribution in [0.1, 0.15) is 38.4 Å². The fraction of sp³-hybridized carbons (Fsp3) is 0.346. The Morgan fingerprint density at radius 1 is 1.13 bits per heavy atom. The summed E-state index contributed by atoms with van der Waals surface area (Å²) in [7, 11) is 2.00. The number of nitriles is 1. The molecule has 0 fully saturated rings. The average molecular weight is 396 g/mol. The van der Waals surface area contributed by atoms with Crippen molar-refractivity contribution in [2.45, 2.75) is 39.0 Å². The molecular weight excluding hydrogens is 370 g/mol. The molecule has 0 unspecified atom stereocenters. The average Bonchev–Trinajstić information content (AvgIpc) is 3.07. The molecule has 0 bridgehead atoms. The highest BCUT2D eigenvalue weighted by molar-refractivity contribution is 6.04. The standard InChI is InChI=1S/C26H25N3O/c1-25(2)21-13-12-20-22(19-11-7-9-16-8-5-6-10-18(16)19)29(4)28-23(20)26(21,3)14-17(15-27)24(25)30/h5-11,14,21H,12-13H2,1-4H3/t21-,26-/m0/s1. The highest BCUT2D eigenvalue weighted by Crippen LogP contribution is 2.55. The van der Waals surface area contributed by atoms with Crippen LogP contribution in [-0.4, -0.2) is 15.6 Å². The molecule has 2 aliphatic carbocycles. The Morgan fingerprint density at radius 3 is 2.63 bits per heavy atom. The summed E-state index contributed by atoms with van der Waals surface area (Å²) in [4.78, 5) is 12.9. The molecule has 2 aliphatic rings. The van der Waals surface area contributed by atoms with Crippen LogP contribution in [0.25, 0.3) is 22.0 Å². The van der Waals surface area contributed by atoms with Gasteiger partial charge in [0, 0.05) is 29.0 Å². The fourth-order valence-electron chi connectivity index (χ4n) is 5.99. The number of allylic oxidation sites excluding steroid dienone is 2. The number of hydrogen-bond donors (Lipinski definition) is 0. The fourth-order valence-corrected chi connectivity index (χ4v) is 5.99. The van der Waals surface area contributed by atoms with Crippen LogP contribution in [0, 0.1) is 22.7 Å². The predicted octanol–water partition coefficient (Wildman–Crippen LogP) is 5.12. The second kappa shape index (κ2) is 6.15. The van der Waals surface area contributed by atoms with Crippen molar-refractivity contribution in [2.75, 3.05) is 0 Å². The third kappa shape index (κ3) is 2.32. The summed E-state index contributed by atoms with van der Waals surface area (Å²) in [6.45, 7) is 6.13. The summed E-state index contributed by atoms with van der Waals surface area (Å²) >= 11 is 0. The number of rotatable bonds is 1. The van der Waals surface area contributed by atoms with Crippen LogP contribution in [0.4, 0.5) is 0 Å². The number of nitrogens with zero attached hydrogens (tertiary/aromatic N) is 3. The van der Waals surface area contributed by atoms with Gasteiger partial charge in [0.25, 0.3) is 0 Å². The van der Waals surface area contributed by atoms with Crippen molar-refractivity contribution >= 4 is 16.6 Å². The predicted molar refractivity (Wildman–Crippen MR) is 118 cm³/mol. The monoisotopic (exact) mass is 395 g/mol. The molecule has 0 radical (unpaired) electrons. The maximum absolute atomic E-state index is 12.9. The minimum Gasteiger partial charge on any atom is -0.293 e. The Labute approximate surface area is 176 Å². The number of benzene rings is 2. The van der Waals surface area contributed by atoms with Gasteiger partial charge in [-0.1, -0.05) is 69.3 Å². The lowest BCUT2D eigenvalue weighted by atomic mass is 9.52. The van der Waals surface area contributed by atoms with E-state index in [9.17, 15) is 10.1 Å². The number of fused-ring (bicyclic) bond motifs is 4. The van der Waals surface area contributed by atoms with E-state index in [-0.39, 0.29) is 17.3 Å². The summed E-state index contributed by atoms with van der Waals surface area (Å²) in [5.41, 5.74) is 3.83. The topological polar surface area (TPSA) is 58.7 Å². The first-order valence-electron chi connectivity index (χ1n) is 10.5. The molecule has 150 valence electrons. The molecule has 0 aliphatic heterocycles. The molecule has 3 aromatic rings. The van der Waals surface area contributed by atoms with Crippen LogP contribution in [0.5, 0.6) is 0 Å². The smallest absolute Gasteiger partial charge is 0.178 e. The van der Waals surface area contributed by atoms with Crippen molar-refractivity contribution < 1.29 is 4.79 Å². The lowest BCUT2D eigenvalue weighted by molar-refractivity contribution is -0.128. The van der Waals surface area contributed by atoms with Gasteiger partial charge >= 0.3 is 0 Å². The van der Waals surface area contributed by atoms with E-state index in [0.717, 1.165) is 24.2 Å². The van der Waals surface area contributed by atoms with Crippen LogP contribution in [0.3, 0.4) is 0 Å². The molecule has 2 atom stereocenters. The molecule has 2 aromatic carbocycles. The minimum absolute atomic E-state index is 0.0406. The lowest BCUT2D eigenvalue weighted by Crippen LogP contribution is -2.51. The van der Waals surface area contributed by atoms with Crippen LogP contribution < -0.4 is 0 Å². The van der Waals surface area contributed by atoms with Gasteiger partial charge in [-0.3, -0.25) is 9.48 Å². The van der Waals surface area contributed by atoms with Crippen molar-refractivity contribution in [3.63, 3.8) is 0 Å². The van der Waals surface area contributed by atoms with E-state index in [0.29, 0.717) is 0 Å². The number of aromatic nitrogens is 2. The number of Topliss-reactive ketones (excluding diaryl/α,β-unsaturated/α-hetero) is 1. The van der Waals surface area contributed by atoms with Gasteiger partial charge < -0.3 is 0 Å². The first kappa shape index (κ1) is 18.8. The quantitative estimate of drug-likeness (QED) is 0.575.